The van der Waals surface area contributed by atoms with E-state index < -0.39 is 0 Å². The summed E-state index contributed by atoms with van der Waals surface area (Å²) in [6.07, 6.45) is 3.30. The van der Waals surface area contributed by atoms with Gasteiger partial charge in [0.15, 0.2) is 17.3 Å². The van der Waals surface area contributed by atoms with Crippen LogP contribution in [-0.4, -0.2) is 27.1 Å². The van der Waals surface area contributed by atoms with E-state index in [9.17, 15) is 4.79 Å². The van der Waals surface area contributed by atoms with Gasteiger partial charge in [-0.1, -0.05) is 28.1 Å². The third-order valence-corrected chi connectivity index (χ3v) is 5.14. The molecule has 31 heavy (non-hydrogen) atoms. The fourth-order valence-corrected chi connectivity index (χ4v) is 3.23. The molecule has 6 heteroatoms. The molecule has 0 aliphatic carbocycles. The van der Waals surface area contributed by atoms with Gasteiger partial charge in [0.2, 0.25) is 0 Å². The van der Waals surface area contributed by atoms with Gasteiger partial charge >= 0.3 is 0 Å². The van der Waals surface area contributed by atoms with Gasteiger partial charge in [-0.15, -0.1) is 0 Å². The van der Waals surface area contributed by atoms with E-state index in [1.807, 2.05) is 42.5 Å². The highest BCUT2D eigenvalue weighted by Gasteiger charge is 2.09. The van der Waals surface area contributed by atoms with Crippen molar-refractivity contribution in [3.8, 4) is 23.0 Å². The molecule has 0 amide bonds. The number of methoxy groups -OCH3 is 3. The summed E-state index contributed by atoms with van der Waals surface area (Å²) in [5.74, 6) is 2.44. The second kappa shape index (κ2) is 10.7. The number of hydrogen-bond donors (Lipinski definition) is 0. The molecule has 0 N–H and O–H groups in total. The predicted molar refractivity (Wildman–Crippen MR) is 124 cm³/mol. The van der Waals surface area contributed by atoms with Gasteiger partial charge in [0.25, 0.3) is 0 Å². The van der Waals surface area contributed by atoms with E-state index in [-0.39, 0.29) is 5.78 Å². The molecule has 0 radical (unpaired) electrons. The first-order chi connectivity index (χ1) is 15.0. The Bertz CT molecular complexity index is 1070. The molecule has 0 saturated carbocycles. The lowest BCUT2D eigenvalue weighted by Crippen LogP contribution is -2.00. The Hall–Kier alpha value is -3.25. The van der Waals surface area contributed by atoms with Crippen LogP contribution in [0.5, 0.6) is 23.0 Å². The van der Waals surface area contributed by atoms with Gasteiger partial charge in [-0.05, 0) is 66.2 Å². The molecule has 0 spiro atoms. The Morgan fingerprint density at radius 2 is 1.52 bits per heavy atom. The van der Waals surface area contributed by atoms with Gasteiger partial charge < -0.3 is 18.9 Å². The Kier molecular flexibility index (Phi) is 7.73. The molecule has 0 unspecified atom stereocenters. The molecule has 0 aliphatic heterocycles. The second-order valence-electron chi connectivity index (χ2n) is 6.58. The van der Waals surface area contributed by atoms with Crippen molar-refractivity contribution in [2.75, 3.05) is 21.3 Å². The molecule has 0 fully saturated rings. The quantitative estimate of drug-likeness (QED) is 0.278. The lowest BCUT2D eigenvalue weighted by atomic mass is 10.1. The molecule has 3 aromatic rings. The van der Waals surface area contributed by atoms with Crippen molar-refractivity contribution < 1.29 is 23.7 Å². The van der Waals surface area contributed by atoms with E-state index in [4.69, 9.17) is 18.9 Å². The number of allylic oxidation sites excluding steroid dienone is 1. The van der Waals surface area contributed by atoms with Crippen LogP contribution in [0.4, 0.5) is 0 Å². The molecule has 0 aliphatic rings. The first-order valence-electron chi connectivity index (χ1n) is 9.53. The van der Waals surface area contributed by atoms with Crippen LogP contribution in [0.2, 0.25) is 0 Å². The average Bonchev–Trinajstić information content (AvgIpc) is 2.81. The van der Waals surface area contributed by atoms with E-state index in [0.29, 0.717) is 23.7 Å². The second-order valence-corrected chi connectivity index (χ2v) is 7.50. The number of hydrogen-bond acceptors (Lipinski definition) is 5. The highest BCUT2D eigenvalue weighted by Crippen LogP contribution is 2.28. The Labute approximate surface area is 190 Å². The topological polar surface area (TPSA) is 54.0 Å². The number of carbonyl (C=O) groups excluding carboxylic acids is 1. The van der Waals surface area contributed by atoms with Crippen molar-refractivity contribution in [2.24, 2.45) is 0 Å². The Morgan fingerprint density at radius 1 is 0.839 bits per heavy atom. The SMILES string of the molecule is COc1ccc(/C=C/C(=O)c2ccc(OC)c(OC)c2)cc1COc1ccc(Br)cc1. The van der Waals surface area contributed by atoms with E-state index >= 15 is 0 Å². The maximum Gasteiger partial charge on any atom is 0.185 e. The van der Waals surface area contributed by atoms with Crippen molar-refractivity contribution in [2.45, 2.75) is 6.61 Å². The summed E-state index contributed by atoms with van der Waals surface area (Å²) < 4.78 is 22.8. The zero-order valence-corrected chi connectivity index (χ0v) is 19.1. The van der Waals surface area contributed by atoms with E-state index in [1.165, 1.54) is 13.2 Å². The van der Waals surface area contributed by atoms with Crippen molar-refractivity contribution in [3.05, 3.63) is 87.9 Å². The van der Waals surface area contributed by atoms with Crippen LogP contribution in [0.3, 0.4) is 0 Å². The molecule has 160 valence electrons. The monoisotopic (exact) mass is 482 g/mol. The molecule has 0 bridgehead atoms. The highest BCUT2D eigenvalue weighted by molar-refractivity contribution is 9.10. The molecule has 5 nitrogen and oxygen atoms in total. The zero-order valence-electron chi connectivity index (χ0n) is 17.6. The molecule has 0 heterocycles. The number of rotatable bonds is 9. The minimum atomic E-state index is -0.135. The zero-order chi connectivity index (χ0) is 22.2. The standard InChI is InChI=1S/C25H23BrO5/c1-28-23-12-5-17(14-19(23)16-31-21-9-7-20(26)8-10-21)4-11-22(27)18-6-13-24(29-2)25(15-18)30-3/h4-15H,16H2,1-3H3/b11-4+. The molecule has 3 rings (SSSR count). The normalized spacial score (nSPS) is 10.7. The summed E-state index contributed by atoms with van der Waals surface area (Å²) in [5.41, 5.74) is 2.26. The van der Waals surface area contributed by atoms with E-state index in [2.05, 4.69) is 15.9 Å². The summed E-state index contributed by atoms with van der Waals surface area (Å²) >= 11 is 3.41. The number of carbonyl (C=O) groups is 1. The van der Waals surface area contributed by atoms with Crippen LogP contribution < -0.4 is 18.9 Å². The fourth-order valence-electron chi connectivity index (χ4n) is 2.96. The molecule has 0 atom stereocenters. The van der Waals surface area contributed by atoms with Crippen molar-refractivity contribution >= 4 is 27.8 Å². The third-order valence-electron chi connectivity index (χ3n) is 4.61. The largest absolute Gasteiger partial charge is 0.496 e. The van der Waals surface area contributed by atoms with Gasteiger partial charge in [-0.3, -0.25) is 4.79 Å². The van der Waals surface area contributed by atoms with Crippen LogP contribution >= 0.6 is 15.9 Å². The lowest BCUT2D eigenvalue weighted by Gasteiger charge is -2.11. The summed E-state index contributed by atoms with van der Waals surface area (Å²) in [4.78, 5) is 12.6. The number of ether oxygens (including phenoxy) is 4. The van der Waals surface area contributed by atoms with E-state index in [1.54, 1.807) is 38.5 Å². The number of ketones is 1. The first-order valence-corrected chi connectivity index (χ1v) is 10.3. The maximum atomic E-state index is 12.6. The highest BCUT2D eigenvalue weighted by atomic mass is 79.9. The Balaban J connectivity index is 1.75. The molecule has 0 saturated heterocycles. The molecular weight excluding hydrogens is 460 g/mol. The molecular formula is C25H23BrO5. The summed E-state index contributed by atoms with van der Waals surface area (Å²) in [6, 6.07) is 18.4. The lowest BCUT2D eigenvalue weighted by molar-refractivity contribution is 0.104. The molecule has 0 aromatic heterocycles. The minimum Gasteiger partial charge on any atom is -0.496 e. The van der Waals surface area contributed by atoms with Gasteiger partial charge in [0.1, 0.15) is 18.1 Å². The van der Waals surface area contributed by atoms with Gasteiger partial charge in [-0.2, -0.15) is 0 Å². The van der Waals surface area contributed by atoms with Crippen LogP contribution in [0.25, 0.3) is 6.08 Å². The number of benzene rings is 3. The molecule has 3 aromatic carbocycles. The van der Waals surface area contributed by atoms with Gasteiger partial charge in [0, 0.05) is 15.6 Å². The Morgan fingerprint density at radius 3 is 2.19 bits per heavy atom. The minimum absolute atomic E-state index is 0.135. The van der Waals surface area contributed by atoms with Crippen molar-refractivity contribution in [1.82, 2.24) is 0 Å². The summed E-state index contributed by atoms with van der Waals surface area (Å²) in [6.45, 7) is 0.343. The van der Waals surface area contributed by atoms with Crippen LogP contribution in [0.15, 0.2) is 71.2 Å². The first kappa shape index (κ1) is 22.4. The van der Waals surface area contributed by atoms with Crippen molar-refractivity contribution in [1.29, 1.82) is 0 Å². The van der Waals surface area contributed by atoms with Crippen LogP contribution in [0.1, 0.15) is 21.5 Å². The average molecular weight is 483 g/mol. The third kappa shape index (κ3) is 5.89. The van der Waals surface area contributed by atoms with Crippen molar-refractivity contribution in [3.63, 3.8) is 0 Å². The van der Waals surface area contributed by atoms with Gasteiger partial charge in [0.05, 0.1) is 21.3 Å². The van der Waals surface area contributed by atoms with E-state index in [0.717, 1.165) is 27.1 Å². The fraction of sp³-hybridized carbons (Fsp3) is 0.160. The van der Waals surface area contributed by atoms with Gasteiger partial charge in [-0.25, -0.2) is 0 Å². The summed E-state index contributed by atoms with van der Waals surface area (Å²) in [7, 11) is 4.71. The summed E-state index contributed by atoms with van der Waals surface area (Å²) in [5, 5.41) is 0. The predicted octanol–water partition coefficient (Wildman–Crippen LogP) is 5.95. The van der Waals surface area contributed by atoms with Crippen LogP contribution in [0, 0.1) is 0 Å². The smallest absolute Gasteiger partial charge is 0.185 e. The maximum absolute atomic E-state index is 12.6. The number of halogens is 1. The van der Waals surface area contributed by atoms with Crippen LogP contribution in [-0.2, 0) is 6.61 Å².